The van der Waals surface area contributed by atoms with Crippen LogP contribution >= 0.6 is 11.8 Å². The first-order valence-electron chi connectivity index (χ1n) is 4.05. The standard InChI is InChI=1S/C9H13NS/c1-6-5-9(7(2)10-6)11-8-3-4-8/h8-10H,1-5H2. The molecule has 2 rings (SSSR count). The van der Waals surface area contributed by atoms with Gasteiger partial charge in [-0.3, -0.25) is 0 Å². The molecule has 2 fully saturated rings. The quantitative estimate of drug-likeness (QED) is 0.677. The Morgan fingerprint density at radius 2 is 2.09 bits per heavy atom. The predicted octanol–water partition coefficient (Wildman–Crippen LogP) is 2.27. The van der Waals surface area contributed by atoms with Gasteiger partial charge in [0.25, 0.3) is 0 Å². The molecule has 1 aliphatic carbocycles. The smallest absolute Gasteiger partial charge is 0.0499 e. The van der Waals surface area contributed by atoms with Gasteiger partial charge < -0.3 is 5.32 Å². The van der Waals surface area contributed by atoms with Crippen LogP contribution in [0, 0.1) is 0 Å². The number of thioether (sulfide) groups is 1. The van der Waals surface area contributed by atoms with Crippen molar-refractivity contribution in [2.75, 3.05) is 0 Å². The van der Waals surface area contributed by atoms with Gasteiger partial charge in [-0.15, -0.1) is 11.8 Å². The molecule has 1 unspecified atom stereocenters. The number of nitrogens with one attached hydrogen (secondary N) is 1. The van der Waals surface area contributed by atoms with E-state index in [4.69, 9.17) is 0 Å². The van der Waals surface area contributed by atoms with Crippen molar-refractivity contribution in [1.82, 2.24) is 5.32 Å². The maximum atomic E-state index is 3.97. The van der Waals surface area contributed by atoms with Crippen LogP contribution in [-0.2, 0) is 0 Å². The first-order chi connectivity index (χ1) is 5.25. The topological polar surface area (TPSA) is 12.0 Å². The second-order valence-electron chi connectivity index (χ2n) is 3.28. The summed E-state index contributed by atoms with van der Waals surface area (Å²) in [4.78, 5) is 0. The van der Waals surface area contributed by atoms with E-state index in [0.717, 1.165) is 23.1 Å². The van der Waals surface area contributed by atoms with E-state index in [9.17, 15) is 0 Å². The molecule has 1 aliphatic heterocycles. The van der Waals surface area contributed by atoms with E-state index in [0.29, 0.717) is 5.25 Å². The lowest BCUT2D eigenvalue weighted by Crippen LogP contribution is -2.05. The summed E-state index contributed by atoms with van der Waals surface area (Å²) >= 11 is 2.06. The van der Waals surface area contributed by atoms with Crippen molar-refractivity contribution in [1.29, 1.82) is 0 Å². The molecule has 1 atom stereocenters. The maximum absolute atomic E-state index is 3.97. The highest BCUT2D eigenvalue weighted by atomic mass is 32.2. The fraction of sp³-hybridized carbons (Fsp3) is 0.556. The van der Waals surface area contributed by atoms with Crippen molar-refractivity contribution >= 4 is 11.8 Å². The fourth-order valence-electron chi connectivity index (χ4n) is 1.27. The summed E-state index contributed by atoms with van der Waals surface area (Å²) in [6, 6.07) is 0. The zero-order chi connectivity index (χ0) is 7.84. The lowest BCUT2D eigenvalue weighted by molar-refractivity contribution is 1.07. The Morgan fingerprint density at radius 3 is 2.55 bits per heavy atom. The van der Waals surface area contributed by atoms with Crippen molar-refractivity contribution in [3.63, 3.8) is 0 Å². The Labute approximate surface area is 71.9 Å². The molecule has 2 aliphatic rings. The van der Waals surface area contributed by atoms with Gasteiger partial charge in [-0.25, -0.2) is 0 Å². The van der Waals surface area contributed by atoms with E-state index in [1.165, 1.54) is 12.8 Å². The van der Waals surface area contributed by atoms with Gasteiger partial charge in [0.1, 0.15) is 0 Å². The van der Waals surface area contributed by atoms with Crippen LogP contribution in [0.25, 0.3) is 0 Å². The van der Waals surface area contributed by atoms with Gasteiger partial charge in [0, 0.05) is 28.3 Å². The highest BCUT2D eigenvalue weighted by molar-refractivity contribution is 8.01. The Kier molecular flexibility index (Phi) is 1.72. The van der Waals surface area contributed by atoms with Crippen LogP contribution in [-0.4, -0.2) is 10.5 Å². The van der Waals surface area contributed by atoms with E-state index in [1.54, 1.807) is 0 Å². The van der Waals surface area contributed by atoms with Crippen LogP contribution < -0.4 is 5.32 Å². The summed E-state index contributed by atoms with van der Waals surface area (Å²) in [5.41, 5.74) is 2.29. The summed E-state index contributed by atoms with van der Waals surface area (Å²) in [6.45, 7) is 7.87. The highest BCUT2D eigenvalue weighted by Crippen LogP contribution is 2.41. The summed E-state index contributed by atoms with van der Waals surface area (Å²) in [7, 11) is 0. The summed E-state index contributed by atoms with van der Waals surface area (Å²) in [5.74, 6) is 0. The van der Waals surface area contributed by atoms with E-state index >= 15 is 0 Å². The fourth-order valence-corrected chi connectivity index (χ4v) is 2.67. The summed E-state index contributed by atoms with van der Waals surface area (Å²) in [5, 5.41) is 4.72. The third kappa shape index (κ3) is 1.62. The molecule has 0 amide bonds. The average molecular weight is 167 g/mol. The van der Waals surface area contributed by atoms with E-state index < -0.39 is 0 Å². The third-order valence-electron chi connectivity index (χ3n) is 2.04. The van der Waals surface area contributed by atoms with Crippen molar-refractivity contribution in [3.8, 4) is 0 Å². The van der Waals surface area contributed by atoms with Crippen molar-refractivity contribution in [2.24, 2.45) is 0 Å². The van der Waals surface area contributed by atoms with Gasteiger partial charge in [-0.1, -0.05) is 13.2 Å². The van der Waals surface area contributed by atoms with Gasteiger partial charge in [0.15, 0.2) is 0 Å². The molecule has 2 heteroatoms. The minimum absolute atomic E-state index is 0.606. The molecule has 1 saturated heterocycles. The maximum Gasteiger partial charge on any atom is 0.0499 e. The third-order valence-corrected chi connectivity index (χ3v) is 3.67. The number of hydrogen-bond acceptors (Lipinski definition) is 2. The molecule has 60 valence electrons. The van der Waals surface area contributed by atoms with Crippen molar-refractivity contribution < 1.29 is 0 Å². The van der Waals surface area contributed by atoms with E-state index in [1.807, 2.05) is 0 Å². The molecule has 11 heavy (non-hydrogen) atoms. The monoisotopic (exact) mass is 167 g/mol. The molecule has 0 aromatic heterocycles. The molecular formula is C9H13NS. The summed E-state index contributed by atoms with van der Waals surface area (Å²) < 4.78 is 0. The minimum Gasteiger partial charge on any atom is -0.362 e. The first-order valence-corrected chi connectivity index (χ1v) is 4.99. The second kappa shape index (κ2) is 2.59. The SMILES string of the molecule is C=C1CC(SC2CC2)C(=C)N1. The highest BCUT2D eigenvalue weighted by Gasteiger charge is 2.30. The van der Waals surface area contributed by atoms with Crippen LogP contribution in [0.2, 0.25) is 0 Å². The molecule has 0 aromatic carbocycles. The van der Waals surface area contributed by atoms with Gasteiger partial charge >= 0.3 is 0 Å². The van der Waals surface area contributed by atoms with E-state index in [2.05, 4.69) is 30.2 Å². The van der Waals surface area contributed by atoms with Crippen LogP contribution in [0.3, 0.4) is 0 Å². The Balaban J connectivity index is 1.91. The zero-order valence-corrected chi connectivity index (χ0v) is 7.41. The average Bonchev–Trinajstić information content (AvgIpc) is 2.64. The molecular weight excluding hydrogens is 154 g/mol. The van der Waals surface area contributed by atoms with Crippen molar-refractivity contribution in [3.05, 3.63) is 24.6 Å². The summed E-state index contributed by atoms with van der Waals surface area (Å²) in [6.07, 6.45) is 3.89. The van der Waals surface area contributed by atoms with Gasteiger partial charge in [-0.05, 0) is 12.8 Å². The number of hydrogen-bond donors (Lipinski definition) is 1. The molecule has 1 N–H and O–H groups in total. The minimum atomic E-state index is 0.606. The second-order valence-corrected chi connectivity index (χ2v) is 4.79. The van der Waals surface area contributed by atoms with Crippen LogP contribution in [0.4, 0.5) is 0 Å². The molecule has 0 spiro atoms. The van der Waals surface area contributed by atoms with E-state index in [-0.39, 0.29) is 0 Å². The Bertz CT molecular complexity index is 206. The normalized spacial score (nSPS) is 30.7. The van der Waals surface area contributed by atoms with Gasteiger partial charge in [0.05, 0.1) is 0 Å². The largest absolute Gasteiger partial charge is 0.362 e. The van der Waals surface area contributed by atoms with Crippen LogP contribution in [0.15, 0.2) is 24.6 Å². The molecule has 1 heterocycles. The van der Waals surface area contributed by atoms with Crippen LogP contribution in [0.1, 0.15) is 19.3 Å². The van der Waals surface area contributed by atoms with Gasteiger partial charge in [0.2, 0.25) is 0 Å². The molecule has 1 saturated carbocycles. The molecule has 1 nitrogen and oxygen atoms in total. The lowest BCUT2D eigenvalue weighted by atomic mass is 10.3. The molecule has 0 bridgehead atoms. The Morgan fingerprint density at radius 1 is 1.36 bits per heavy atom. The molecule has 0 aromatic rings. The van der Waals surface area contributed by atoms with Gasteiger partial charge in [-0.2, -0.15) is 0 Å². The number of rotatable bonds is 2. The molecule has 0 radical (unpaired) electrons. The Hall–Kier alpha value is -0.370. The van der Waals surface area contributed by atoms with Crippen LogP contribution in [0.5, 0.6) is 0 Å². The predicted molar refractivity (Wildman–Crippen MR) is 50.4 cm³/mol. The van der Waals surface area contributed by atoms with Crippen molar-refractivity contribution in [2.45, 2.75) is 29.8 Å². The number of allylic oxidation sites excluding steroid dienone is 1. The lowest BCUT2D eigenvalue weighted by Gasteiger charge is -2.06. The first kappa shape index (κ1) is 7.29. The zero-order valence-electron chi connectivity index (χ0n) is 6.60.